The molecule has 1 aromatic heterocycles. The molecule has 2 aromatic carbocycles. The van der Waals surface area contributed by atoms with Crippen LogP contribution in [0, 0.1) is 0 Å². The van der Waals surface area contributed by atoms with E-state index in [9.17, 15) is 19.2 Å². The summed E-state index contributed by atoms with van der Waals surface area (Å²) in [5.74, 6) is -0.901. The van der Waals surface area contributed by atoms with E-state index in [4.69, 9.17) is 10.5 Å². The molecule has 1 fully saturated rings. The Kier molecular flexibility index (Phi) is 8.73. The fraction of sp³-hybridized carbons (Fsp3) is 0.310. The lowest BCUT2D eigenvalue weighted by Crippen LogP contribution is -2.52. The molecule has 11 nitrogen and oxygen atoms in total. The Morgan fingerprint density at radius 2 is 1.85 bits per heavy atom. The minimum absolute atomic E-state index is 0.125. The third kappa shape index (κ3) is 6.79. The number of hydrogen-bond donors (Lipinski definition) is 5. The molecule has 0 aliphatic carbocycles. The van der Waals surface area contributed by atoms with Crippen molar-refractivity contribution in [1.82, 2.24) is 20.5 Å². The molecule has 3 atom stereocenters. The average molecular weight is 547 g/mol. The number of nitrogens with one attached hydrogen (secondary N) is 4. The molecule has 0 saturated carbocycles. The lowest BCUT2D eigenvalue weighted by molar-refractivity contribution is -0.136. The number of allylic oxidation sites excluding steroid dienone is 1. The zero-order chi connectivity index (χ0) is 28.8. The number of aromatic amines is 1. The molecule has 3 aromatic rings. The number of para-hydroxylation sites is 1. The fourth-order valence-corrected chi connectivity index (χ4v) is 4.80. The van der Waals surface area contributed by atoms with Crippen molar-refractivity contribution < 1.29 is 23.9 Å². The maximum Gasteiger partial charge on any atom is 0.319 e. The molecule has 0 radical (unpaired) electrons. The maximum absolute atomic E-state index is 13.5. The third-order valence-electron chi connectivity index (χ3n) is 6.74. The predicted octanol–water partition coefficient (Wildman–Crippen LogP) is 2.45. The molecule has 40 heavy (non-hydrogen) atoms. The summed E-state index contributed by atoms with van der Waals surface area (Å²) >= 11 is 0. The molecule has 1 saturated heterocycles. The highest BCUT2D eigenvalue weighted by Crippen LogP contribution is 2.22. The van der Waals surface area contributed by atoms with E-state index in [1.54, 1.807) is 51.4 Å². The second kappa shape index (κ2) is 12.4. The van der Waals surface area contributed by atoms with E-state index in [2.05, 4.69) is 20.9 Å². The number of amides is 5. The first-order valence-corrected chi connectivity index (χ1v) is 13.0. The van der Waals surface area contributed by atoms with Crippen LogP contribution < -0.4 is 26.4 Å². The summed E-state index contributed by atoms with van der Waals surface area (Å²) in [6.07, 6.45) is 3.58. The summed E-state index contributed by atoms with van der Waals surface area (Å²) in [6, 6.07) is 11.6. The van der Waals surface area contributed by atoms with E-state index in [1.807, 2.05) is 24.3 Å². The Morgan fingerprint density at radius 1 is 1.12 bits per heavy atom. The topological polar surface area (TPSA) is 159 Å². The quantitative estimate of drug-likeness (QED) is 0.260. The number of urea groups is 1. The summed E-state index contributed by atoms with van der Waals surface area (Å²) in [6.45, 7) is 3.69. The number of hydrogen-bond acceptors (Lipinski definition) is 5. The van der Waals surface area contributed by atoms with Crippen molar-refractivity contribution in [3.05, 3.63) is 71.9 Å². The number of methoxy groups -OCH3 is 1. The van der Waals surface area contributed by atoms with Gasteiger partial charge in [0.15, 0.2) is 0 Å². The smallest absolute Gasteiger partial charge is 0.319 e. The van der Waals surface area contributed by atoms with Crippen LogP contribution in [0.1, 0.15) is 25.8 Å². The number of likely N-dealkylation sites (tertiary alicyclic amines) is 1. The van der Waals surface area contributed by atoms with Crippen molar-refractivity contribution in [3.8, 4) is 5.75 Å². The third-order valence-corrected chi connectivity index (χ3v) is 6.74. The first-order chi connectivity index (χ1) is 19.1. The Balaban J connectivity index is 1.46. The van der Waals surface area contributed by atoms with Crippen LogP contribution in [0.4, 0.5) is 10.5 Å². The number of nitrogens with two attached hydrogens (primary N) is 1. The van der Waals surface area contributed by atoms with E-state index in [1.165, 1.54) is 11.0 Å². The number of rotatable bonds is 9. The number of carbonyl (C=O) groups excluding carboxylic acids is 4. The van der Waals surface area contributed by atoms with Crippen molar-refractivity contribution in [2.75, 3.05) is 19.0 Å². The number of fused-ring (bicyclic) bond motifs is 1. The van der Waals surface area contributed by atoms with Gasteiger partial charge in [0.2, 0.25) is 17.7 Å². The van der Waals surface area contributed by atoms with Crippen LogP contribution in [0.5, 0.6) is 5.75 Å². The Morgan fingerprint density at radius 3 is 2.52 bits per heavy atom. The summed E-state index contributed by atoms with van der Waals surface area (Å²) in [5.41, 5.74) is 8.73. The number of H-pyrrole nitrogens is 1. The van der Waals surface area contributed by atoms with Crippen LogP contribution in [-0.4, -0.2) is 65.4 Å². The molecule has 2 heterocycles. The van der Waals surface area contributed by atoms with Crippen molar-refractivity contribution in [1.29, 1.82) is 0 Å². The zero-order valence-electron chi connectivity index (χ0n) is 22.7. The van der Waals surface area contributed by atoms with Gasteiger partial charge >= 0.3 is 6.03 Å². The van der Waals surface area contributed by atoms with Gasteiger partial charge in [-0.3, -0.25) is 14.4 Å². The van der Waals surface area contributed by atoms with Gasteiger partial charge in [-0.2, -0.15) is 0 Å². The van der Waals surface area contributed by atoms with Crippen LogP contribution in [0.15, 0.2) is 66.4 Å². The van der Waals surface area contributed by atoms with Gasteiger partial charge in [0, 0.05) is 41.8 Å². The van der Waals surface area contributed by atoms with Gasteiger partial charge in [0.05, 0.1) is 13.2 Å². The van der Waals surface area contributed by atoms with Gasteiger partial charge < -0.3 is 36.3 Å². The number of primary amides is 1. The molecule has 3 unspecified atom stereocenters. The molecular formula is C29H34N6O5. The summed E-state index contributed by atoms with van der Waals surface area (Å²) < 4.78 is 5.13. The number of ether oxygens (including phenoxy) is 1. The number of nitrogens with zero attached hydrogens (tertiary/aromatic N) is 1. The number of benzene rings is 2. The minimum Gasteiger partial charge on any atom is -0.497 e. The Bertz CT molecular complexity index is 1430. The molecule has 11 heteroatoms. The van der Waals surface area contributed by atoms with Crippen LogP contribution in [0.25, 0.3) is 10.9 Å². The van der Waals surface area contributed by atoms with E-state index in [0.29, 0.717) is 11.4 Å². The van der Waals surface area contributed by atoms with Crippen molar-refractivity contribution in [2.45, 2.75) is 44.8 Å². The highest BCUT2D eigenvalue weighted by atomic mass is 16.5. The summed E-state index contributed by atoms with van der Waals surface area (Å²) in [5, 5.41) is 9.25. The average Bonchev–Trinajstić information content (AvgIpc) is 3.52. The second-order valence-electron chi connectivity index (χ2n) is 10.0. The van der Waals surface area contributed by atoms with Gasteiger partial charge in [-0.1, -0.05) is 23.8 Å². The molecule has 0 spiro atoms. The highest BCUT2D eigenvalue weighted by Gasteiger charge is 2.40. The van der Waals surface area contributed by atoms with Crippen molar-refractivity contribution in [2.24, 2.45) is 5.73 Å². The Labute approximate surface area is 232 Å². The molecule has 5 amide bonds. The maximum atomic E-state index is 13.5. The fourth-order valence-electron chi connectivity index (χ4n) is 4.80. The van der Waals surface area contributed by atoms with E-state index in [0.717, 1.165) is 22.0 Å². The largest absolute Gasteiger partial charge is 0.497 e. The normalized spacial score (nSPS) is 17.1. The van der Waals surface area contributed by atoms with Gasteiger partial charge in [-0.25, -0.2) is 4.79 Å². The number of aromatic nitrogens is 1. The Hall–Kier alpha value is -4.80. The number of anilines is 1. The lowest BCUT2D eigenvalue weighted by atomic mass is 10.0. The van der Waals surface area contributed by atoms with Crippen LogP contribution in [0.3, 0.4) is 0 Å². The molecule has 210 valence electrons. The van der Waals surface area contributed by atoms with Crippen LogP contribution >= 0.6 is 0 Å². The zero-order valence-corrected chi connectivity index (χ0v) is 22.7. The van der Waals surface area contributed by atoms with Crippen LogP contribution in [-0.2, 0) is 20.8 Å². The van der Waals surface area contributed by atoms with Gasteiger partial charge in [0.1, 0.15) is 17.8 Å². The summed E-state index contributed by atoms with van der Waals surface area (Å²) in [7, 11) is 1.55. The molecule has 1 aliphatic heterocycles. The van der Waals surface area contributed by atoms with Crippen LogP contribution in [0.2, 0.25) is 0 Å². The standard InChI is InChI=1S/C29H34N6O5/c1-17(2)12-26(36)35-16-20(33-29(39)32-19-8-10-21(40-3)11-9-19)14-25(35)28(38)34-24(27(30)37)13-18-15-31-23-7-5-4-6-22(18)23/h4-12,15,20,24-25,31H,13-14,16H2,1-3H3,(H2,30,37)(H,34,38)(H2,32,33,39). The summed E-state index contributed by atoms with van der Waals surface area (Å²) in [4.78, 5) is 56.0. The second-order valence-corrected chi connectivity index (χ2v) is 10.0. The van der Waals surface area contributed by atoms with E-state index < -0.39 is 36.0 Å². The molecule has 0 bridgehead atoms. The highest BCUT2D eigenvalue weighted by molar-refractivity contribution is 5.96. The van der Waals surface area contributed by atoms with E-state index >= 15 is 0 Å². The predicted molar refractivity (Wildman–Crippen MR) is 152 cm³/mol. The molecule has 6 N–H and O–H groups in total. The first kappa shape index (κ1) is 28.2. The molecule has 4 rings (SSSR count). The van der Waals surface area contributed by atoms with Crippen molar-refractivity contribution >= 4 is 40.3 Å². The minimum atomic E-state index is -0.988. The first-order valence-electron chi connectivity index (χ1n) is 13.0. The van der Waals surface area contributed by atoms with E-state index in [-0.39, 0.29) is 25.3 Å². The van der Waals surface area contributed by atoms with Gasteiger partial charge in [-0.15, -0.1) is 0 Å². The SMILES string of the molecule is COc1ccc(NC(=O)NC2CC(C(=O)NC(Cc3c[nH]c4ccccc34)C(N)=O)N(C(=O)C=C(C)C)C2)cc1. The van der Waals surface area contributed by atoms with Gasteiger partial charge in [-0.05, 0) is 56.2 Å². The number of carbonyl (C=O) groups is 4. The lowest BCUT2D eigenvalue weighted by Gasteiger charge is -2.25. The molecular weight excluding hydrogens is 512 g/mol. The molecule has 1 aliphatic rings. The van der Waals surface area contributed by atoms with Crippen molar-refractivity contribution in [3.63, 3.8) is 0 Å². The van der Waals surface area contributed by atoms with Gasteiger partial charge in [0.25, 0.3) is 0 Å². The monoisotopic (exact) mass is 546 g/mol.